The van der Waals surface area contributed by atoms with Crippen LogP contribution in [0.5, 0.6) is 11.5 Å². The van der Waals surface area contributed by atoms with Crippen molar-refractivity contribution in [3.05, 3.63) is 23.8 Å². The van der Waals surface area contributed by atoms with Gasteiger partial charge in [0.15, 0.2) is 0 Å². The average molecular weight is 250 g/mol. The molecule has 2 amide bonds. The summed E-state index contributed by atoms with van der Waals surface area (Å²) in [5, 5.41) is 24.0. The Hall–Kier alpha value is -2.24. The molecule has 0 heterocycles. The van der Waals surface area contributed by atoms with Gasteiger partial charge in [0.2, 0.25) is 5.91 Å². The molecular formula is C12H14N2O4. The van der Waals surface area contributed by atoms with Crippen molar-refractivity contribution in [2.24, 2.45) is 0 Å². The molecule has 1 aromatic rings. The highest BCUT2D eigenvalue weighted by Gasteiger charge is 2.23. The van der Waals surface area contributed by atoms with E-state index in [2.05, 4.69) is 10.6 Å². The van der Waals surface area contributed by atoms with E-state index in [0.29, 0.717) is 0 Å². The SMILES string of the molecule is O=C(CNC(=O)c1c(O)cccc1O)NC1CC1. The van der Waals surface area contributed by atoms with Crippen LogP contribution in [-0.4, -0.2) is 34.6 Å². The summed E-state index contributed by atoms with van der Waals surface area (Å²) in [7, 11) is 0. The van der Waals surface area contributed by atoms with Gasteiger partial charge in [-0.05, 0) is 25.0 Å². The molecule has 0 saturated heterocycles. The first-order valence-electron chi connectivity index (χ1n) is 5.66. The number of rotatable bonds is 4. The lowest BCUT2D eigenvalue weighted by Crippen LogP contribution is -2.37. The van der Waals surface area contributed by atoms with Crippen molar-refractivity contribution in [3.8, 4) is 11.5 Å². The minimum atomic E-state index is -0.684. The molecule has 0 unspecified atom stereocenters. The molecule has 18 heavy (non-hydrogen) atoms. The lowest BCUT2D eigenvalue weighted by atomic mass is 10.1. The van der Waals surface area contributed by atoms with E-state index in [1.807, 2.05) is 0 Å². The third-order valence-corrected chi connectivity index (χ3v) is 2.60. The van der Waals surface area contributed by atoms with E-state index in [4.69, 9.17) is 0 Å². The molecule has 1 saturated carbocycles. The van der Waals surface area contributed by atoms with Crippen LogP contribution in [0.25, 0.3) is 0 Å². The fraction of sp³-hybridized carbons (Fsp3) is 0.333. The maximum atomic E-state index is 11.7. The second kappa shape index (κ2) is 4.95. The number of carbonyl (C=O) groups excluding carboxylic acids is 2. The number of aromatic hydroxyl groups is 2. The maximum absolute atomic E-state index is 11.7. The summed E-state index contributed by atoms with van der Waals surface area (Å²) < 4.78 is 0. The molecule has 0 aliphatic heterocycles. The molecule has 6 heteroatoms. The molecular weight excluding hydrogens is 236 g/mol. The second-order valence-corrected chi connectivity index (χ2v) is 4.20. The third-order valence-electron chi connectivity index (χ3n) is 2.60. The predicted molar refractivity (Wildman–Crippen MR) is 63.3 cm³/mol. The Kier molecular flexibility index (Phi) is 3.36. The van der Waals surface area contributed by atoms with Gasteiger partial charge in [0, 0.05) is 6.04 Å². The number of phenols is 2. The Morgan fingerprint density at radius 1 is 1.22 bits per heavy atom. The normalized spacial score (nSPS) is 14.0. The van der Waals surface area contributed by atoms with Gasteiger partial charge in [0.25, 0.3) is 5.91 Å². The zero-order valence-corrected chi connectivity index (χ0v) is 9.64. The van der Waals surface area contributed by atoms with Crippen molar-refractivity contribution < 1.29 is 19.8 Å². The standard InChI is InChI=1S/C12H14N2O4/c15-8-2-1-3-9(16)11(8)12(18)13-6-10(17)14-7-4-5-7/h1-3,7,15-16H,4-6H2,(H,13,18)(H,14,17). The Balaban J connectivity index is 1.92. The number of carbonyl (C=O) groups is 2. The van der Waals surface area contributed by atoms with Crippen molar-refractivity contribution in [3.63, 3.8) is 0 Å². The number of nitrogens with one attached hydrogen (secondary N) is 2. The Bertz CT molecular complexity index is 463. The van der Waals surface area contributed by atoms with Crippen molar-refractivity contribution in [2.75, 3.05) is 6.54 Å². The molecule has 0 radical (unpaired) electrons. The summed E-state index contributed by atoms with van der Waals surface area (Å²) in [6.45, 7) is -0.177. The highest BCUT2D eigenvalue weighted by atomic mass is 16.3. The van der Waals surface area contributed by atoms with Gasteiger partial charge in [-0.2, -0.15) is 0 Å². The van der Waals surface area contributed by atoms with E-state index < -0.39 is 5.91 Å². The molecule has 1 fully saturated rings. The molecule has 0 atom stereocenters. The minimum Gasteiger partial charge on any atom is -0.507 e. The zero-order chi connectivity index (χ0) is 13.1. The van der Waals surface area contributed by atoms with Gasteiger partial charge in [-0.25, -0.2) is 0 Å². The van der Waals surface area contributed by atoms with Crippen LogP contribution in [0, 0.1) is 0 Å². The monoisotopic (exact) mass is 250 g/mol. The lowest BCUT2D eigenvalue weighted by molar-refractivity contribution is -0.120. The topological polar surface area (TPSA) is 98.7 Å². The number of phenolic OH excluding ortho intramolecular Hbond substituents is 2. The van der Waals surface area contributed by atoms with E-state index in [1.165, 1.54) is 18.2 Å². The molecule has 1 aliphatic rings. The third kappa shape index (κ3) is 2.91. The Morgan fingerprint density at radius 3 is 2.39 bits per heavy atom. The summed E-state index contributed by atoms with van der Waals surface area (Å²) >= 11 is 0. The van der Waals surface area contributed by atoms with Crippen LogP contribution in [0.15, 0.2) is 18.2 Å². The molecule has 0 bridgehead atoms. The number of amides is 2. The number of benzene rings is 1. The van der Waals surface area contributed by atoms with Gasteiger partial charge in [0.1, 0.15) is 17.1 Å². The minimum absolute atomic E-state index is 0.177. The summed E-state index contributed by atoms with van der Waals surface area (Å²) in [5.74, 6) is -1.61. The van der Waals surface area contributed by atoms with Crippen molar-refractivity contribution in [1.29, 1.82) is 0 Å². The highest BCUT2D eigenvalue weighted by molar-refractivity contribution is 6.00. The predicted octanol–water partition coefficient (Wildman–Crippen LogP) is 0.106. The van der Waals surface area contributed by atoms with E-state index in [9.17, 15) is 19.8 Å². The fourth-order valence-electron chi connectivity index (χ4n) is 1.52. The zero-order valence-electron chi connectivity index (χ0n) is 9.64. The van der Waals surface area contributed by atoms with Crippen LogP contribution in [0.3, 0.4) is 0 Å². The smallest absolute Gasteiger partial charge is 0.259 e. The largest absolute Gasteiger partial charge is 0.507 e. The van der Waals surface area contributed by atoms with Crippen LogP contribution in [0.2, 0.25) is 0 Å². The van der Waals surface area contributed by atoms with Crippen molar-refractivity contribution >= 4 is 11.8 Å². The Morgan fingerprint density at radius 2 is 1.83 bits per heavy atom. The van der Waals surface area contributed by atoms with Crippen LogP contribution in [-0.2, 0) is 4.79 Å². The first kappa shape index (κ1) is 12.2. The first-order chi connectivity index (χ1) is 8.58. The van der Waals surface area contributed by atoms with Crippen LogP contribution >= 0.6 is 0 Å². The Labute approximate surface area is 104 Å². The summed E-state index contributed by atoms with van der Waals surface area (Å²) in [5.41, 5.74) is -0.225. The van der Waals surface area contributed by atoms with Crippen LogP contribution in [0.1, 0.15) is 23.2 Å². The van der Waals surface area contributed by atoms with Gasteiger partial charge in [0.05, 0.1) is 6.54 Å². The molecule has 1 aliphatic carbocycles. The van der Waals surface area contributed by atoms with Gasteiger partial charge >= 0.3 is 0 Å². The maximum Gasteiger partial charge on any atom is 0.259 e. The van der Waals surface area contributed by atoms with E-state index >= 15 is 0 Å². The van der Waals surface area contributed by atoms with Crippen LogP contribution in [0.4, 0.5) is 0 Å². The van der Waals surface area contributed by atoms with Gasteiger partial charge < -0.3 is 20.8 Å². The van der Waals surface area contributed by atoms with E-state index in [1.54, 1.807) is 0 Å². The van der Waals surface area contributed by atoms with Gasteiger partial charge in [-0.1, -0.05) is 6.07 Å². The first-order valence-corrected chi connectivity index (χ1v) is 5.66. The van der Waals surface area contributed by atoms with Gasteiger partial charge in [-0.3, -0.25) is 9.59 Å². The number of hydrogen-bond donors (Lipinski definition) is 4. The summed E-state index contributed by atoms with van der Waals surface area (Å²) in [4.78, 5) is 23.0. The van der Waals surface area contributed by atoms with E-state index in [-0.39, 0.29) is 35.6 Å². The highest BCUT2D eigenvalue weighted by Crippen LogP contribution is 2.25. The summed E-state index contributed by atoms with van der Waals surface area (Å²) in [6.07, 6.45) is 1.94. The second-order valence-electron chi connectivity index (χ2n) is 4.20. The molecule has 0 spiro atoms. The molecule has 2 rings (SSSR count). The van der Waals surface area contributed by atoms with Gasteiger partial charge in [-0.15, -0.1) is 0 Å². The number of hydrogen-bond acceptors (Lipinski definition) is 4. The summed E-state index contributed by atoms with van der Waals surface area (Å²) in [6, 6.07) is 4.23. The molecule has 6 nitrogen and oxygen atoms in total. The quantitative estimate of drug-likeness (QED) is 0.609. The van der Waals surface area contributed by atoms with E-state index in [0.717, 1.165) is 12.8 Å². The van der Waals surface area contributed by atoms with Crippen molar-refractivity contribution in [1.82, 2.24) is 10.6 Å². The molecule has 0 aromatic heterocycles. The molecule has 4 N–H and O–H groups in total. The van der Waals surface area contributed by atoms with Crippen molar-refractivity contribution in [2.45, 2.75) is 18.9 Å². The molecule has 1 aromatic carbocycles. The fourth-order valence-corrected chi connectivity index (χ4v) is 1.52. The average Bonchev–Trinajstić information content (AvgIpc) is 3.10. The lowest BCUT2D eigenvalue weighted by Gasteiger charge is -2.08. The van der Waals surface area contributed by atoms with Crippen LogP contribution < -0.4 is 10.6 Å². The molecule has 96 valence electrons.